The van der Waals surface area contributed by atoms with E-state index >= 15 is 0 Å². The molecule has 1 aliphatic heterocycles. The Labute approximate surface area is 197 Å². The Kier molecular flexibility index (Phi) is 7.26. The van der Waals surface area contributed by atoms with Crippen molar-refractivity contribution >= 4 is 11.5 Å². The summed E-state index contributed by atoms with van der Waals surface area (Å²) in [7, 11) is 1.71. The molecular formula is C28H35NO4. The molecule has 3 aliphatic rings. The first-order valence-electron chi connectivity index (χ1n) is 12.1. The van der Waals surface area contributed by atoms with Crippen LogP contribution in [-0.4, -0.2) is 25.9 Å². The molecule has 1 heterocycles. The molecule has 0 fully saturated rings. The Morgan fingerprint density at radius 3 is 2.79 bits per heavy atom. The average molecular weight is 450 g/mol. The molecule has 33 heavy (non-hydrogen) atoms. The maximum Gasteiger partial charge on any atom is 0.230 e. The first-order chi connectivity index (χ1) is 16.0. The van der Waals surface area contributed by atoms with Crippen molar-refractivity contribution < 1.29 is 19.0 Å². The van der Waals surface area contributed by atoms with Crippen LogP contribution in [0.5, 0.6) is 0 Å². The van der Waals surface area contributed by atoms with Gasteiger partial charge in [-0.2, -0.15) is 0 Å². The first-order valence-corrected chi connectivity index (χ1v) is 12.1. The average Bonchev–Trinajstić information content (AvgIpc) is 3.30. The molecule has 2 aliphatic carbocycles. The standard InChI is InChI=1S/C28H35NO4/c1-5-8-22(19-11-13-26-27(15-19)33-17-32-26)28(30)29-20-12-14-25(31-4)24(16-20)23-10-7-6-9-21(23)18(2)3/h6-7,9-10,12,14-15,18,20,22H,5,8,11,13,16-17H2,1-4H3,(H,29,30). The van der Waals surface area contributed by atoms with Crippen molar-refractivity contribution in [3.05, 3.63) is 76.5 Å². The fraction of sp³-hybridized carbons (Fsp3) is 0.464. The fourth-order valence-electron chi connectivity index (χ4n) is 4.96. The van der Waals surface area contributed by atoms with Crippen LogP contribution in [0.3, 0.4) is 0 Å². The van der Waals surface area contributed by atoms with Crippen LogP contribution >= 0.6 is 0 Å². The molecule has 1 N–H and O–H groups in total. The summed E-state index contributed by atoms with van der Waals surface area (Å²) in [5.74, 6) is 2.91. The third-order valence-corrected chi connectivity index (χ3v) is 6.68. The zero-order chi connectivity index (χ0) is 23.4. The quantitative estimate of drug-likeness (QED) is 0.532. The van der Waals surface area contributed by atoms with Gasteiger partial charge in [0.05, 0.1) is 19.1 Å². The van der Waals surface area contributed by atoms with Gasteiger partial charge in [0.1, 0.15) is 11.5 Å². The van der Waals surface area contributed by atoms with E-state index in [1.54, 1.807) is 7.11 Å². The van der Waals surface area contributed by atoms with Gasteiger partial charge in [0.25, 0.3) is 0 Å². The van der Waals surface area contributed by atoms with Gasteiger partial charge in [-0.1, -0.05) is 63.1 Å². The number of hydrogen-bond donors (Lipinski definition) is 1. The third kappa shape index (κ3) is 5.02. The summed E-state index contributed by atoms with van der Waals surface area (Å²) in [4.78, 5) is 13.4. The van der Waals surface area contributed by atoms with E-state index in [0.717, 1.165) is 54.1 Å². The van der Waals surface area contributed by atoms with Crippen LogP contribution in [0.4, 0.5) is 0 Å². The van der Waals surface area contributed by atoms with Crippen LogP contribution in [-0.2, 0) is 19.0 Å². The van der Waals surface area contributed by atoms with Crippen molar-refractivity contribution in [1.82, 2.24) is 5.32 Å². The molecule has 176 valence electrons. The number of carbonyl (C=O) groups excluding carboxylic acids is 1. The molecule has 0 saturated carbocycles. The largest absolute Gasteiger partial charge is 0.496 e. The minimum Gasteiger partial charge on any atom is -0.496 e. The number of benzene rings is 1. The lowest BCUT2D eigenvalue weighted by Crippen LogP contribution is -2.39. The van der Waals surface area contributed by atoms with Gasteiger partial charge >= 0.3 is 0 Å². The molecule has 1 amide bonds. The number of rotatable bonds is 8. The van der Waals surface area contributed by atoms with Crippen LogP contribution in [0.1, 0.15) is 69.9 Å². The SMILES string of the molecule is CCCC(C(=O)NC1C=CC(OC)=C(c2ccccc2C(C)C)C1)C1=CC2=C(CC1)OCO2. The molecule has 5 nitrogen and oxygen atoms in total. The summed E-state index contributed by atoms with van der Waals surface area (Å²) < 4.78 is 16.8. The summed E-state index contributed by atoms with van der Waals surface area (Å²) in [5, 5.41) is 3.31. The number of carbonyl (C=O) groups is 1. The highest BCUT2D eigenvalue weighted by Gasteiger charge is 2.30. The molecule has 2 atom stereocenters. The zero-order valence-electron chi connectivity index (χ0n) is 20.1. The van der Waals surface area contributed by atoms with Gasteiger partial charge in [0, 0.05) is 18.4 Å². The van der Waals surface area contributed by atoms with E-state index < -0.39 is 0 Å². The Bertz CT molecular complexity index is 1010. The number of hydrogen-bond acceptors (Lipinski definition) is 4. The van der Waals surface area contributed by atoms with Crippen molar-refractivity contribution in [3.8, 4) is 0 Å². The second-order valence-corrected chi connectivity index (χ2v) is 9.22. The third-order valence-electron chi connectivity index (χ3n) is 6.68. The minimum atomic E-state index is -0.152. The van der Waals surface area contributed by atoms with Gasteiger partial charge in [-0.3, -0.25) is 4.79 Å². The molecule has 2 unspecified atom stereocenters. The van der Waals surface area contributed by atoms with Gasteiger partial charge in [-0.05, 0) is 42.0 Å². The fourth-order valence-corrected chi connectivity index (χ4v) is 4.96. The van der Waals surface area contributed by atoms with Gasteiger partial charge in [-0.25, -0.2) is 0 Å². The normalized spacial score (nSPS) is 20.8. The Balaban J connectivity index is 1.53. The first kappa shape index (κ1) is 23.2. The van der Waals surface area contributed by atoms with E-state index in [4.69, 9.17) is 14.2 Å². The molecular weight excluding hydrogens is 414 g/mol. The molecule has 0 saturated heterocycles. The number of ether oxygens (including phenoxy) is 3. The number of allylic oxidation sites excluding steroid dienone is 3. The van der Waals surface area contributed by atoms with Crippen molar-refractivity contribution in [2.24, 2.45) is 5.92 Å². The lowest BCUT2D eigenvalue weighted by Gasteiger charge is -2.28. The molecule has 0 radical (unpaired) electrons. The summed E-state index contributed by atoms with van der Waals surface area (Å²) >= 11 is 0. The van der Waals surface area contributed by atoms with Gasteiger partial charge < -0.3 is 19.5 Å². The van der Waals surface area contributed by atoms with E-state index in [1.807, 2.05) is 18.2 Å². The lowest BCUT2D eigenvalue weighted by molar-refractivity contribution is -0.124. The van der Waals surface area contributed by atoms with Crippen LogP contribution in [0.25, 0.3) is 5.57 Å². The lowest BCUT2D eigenvalue weighted by atomic mass is 9.85. The van der Waals surface area contributed by atoms with Crippen LogP contribution < -0.4 is 5.32 Å². The zero-order valence-corrected chi connectivity index (χ0v) is 20.1. The smallest absolute Gasteiger partial charge is 0.230 e. The predicted molar refractivity (Wildman–Crippen MR) is 130 cm³/mol. The topological polar surface area (TPSA) is 56.8 Å². The highest BCUT2D eigenvalue weighted by Crippen LogP contribution is 2.36. The highest BCUT2D eigenvalue weighted by atomic mass is 16.7. The summed E-state index contributed by atoms with van der Waals surface area (Å²) in [5.41, 5.74) is 4.77. The second kappa shape index (κ2) is 10.3. The second-order valence-electron chi connectivity index (χ2n) is 9.22. The highest BCUT2D eigenvalue weighted by molar-refractivity contribution is 5.83. The van der Waals surface area contributed by atoms with Crippen molar-refractivity contribution in [2.75, 3.05) is 13.9 Å². The van der Waals surface area contributed by atoms with E-state index in [1.165, 1.54) is 11.1 Å². The molecule has 0 aromatic heterocycles. The molecule has 4 rings (SSSR count). The van der Waals surface area contributed by atoms with Gasteiger partial charge in [0.2, 0.25) is 12.7 Å². The Morgan fingerprint density at radius 1 is 1.21 bits per heavy atom. The summed E-state index contributed by atoms with van der Waals surface area (Å²) in [6.07, 6.45) is 10.2. The van der Waals surface area contributed by atoms with Crippen molar-refractivity contribution in [1.29, 1.82) is 0 Å². The predicted octanol–water partition coefficient (Wildman–Crippen LogP) is 5.96. The summed E-state index contributed by atoms with van der Waals surface area (Å²) in [6, 6.07) is 8.41. The molecule has 1 aromatic carbocycles. The maximum atomic E-state index is 13.4. The molecule has 0 bridgehead atoms. The molecule has 1 aromatic rings. The van der Waals surface area contributed by atoms with Crippen LogP contribution in [0.2, 0.25) is 0 Å². The molecule has 5 heteroatoms. The molecule has 0 spiro atoms. The minimum absolute atomic E-state index is 0.0731. The number of methoxy groups -OCH3 is 1. The van der Waals surface area contributed by atoms with E-state index in [9.17, 15) is 4.79 Å². The van der Waals surface area contributed by atoms with Crippen molar-refractivity contribution in [2.45, 2.75) is 64.8 Å². The van der Waals surface area contributed by atoms with Crippen LogP contribution in [0, 0.1) is 5.92 Å². The van der Waals surface area contributed by atoms with Crippen molar-refractivity contribution in [3.63, 3.8) is 0 Å². The maximum absolute atomic E-state index is 13.4. The monoisotopic (exact) mass is 449 g/mol. The van der Waals surface area contributed by atoms with E-state index in [2.05, 4.69) is 50.4 Å². The summed E-state index contributed by atoms with van der Waals surface area (Å²) in [6.45, 7) is 6.81. The van der Waals surface area contributed by atoms with Gasteiger partial charge in [-0.15, -0.1) is 0 Å². The van der Waals surface area contributed by atoms with Gasteiger partial charge in [0.15, 0.2) is 5.76 Å². The Morgan fingerprint density at radius 2 is 2.03 bits per heavy atom. The van der Waals surface area contributed by atoms with E-state index in [-0.39, 0.29) is 24.7 Å². The number of nitrogens with one attached hydrogen (secondary N) is 1. The van der Waals surface area contributed by atoms with E-state index in [0.29, 0.717) is 12.3 Å². The Hall–Kier alpha value is -2.95. The number of amides is 1. The van der Waals surface area contributed by atoms with Crippen LogP contribution in [0.15, 0.2) is 65.3 Å².